The number of benzene rings is 2. The van der Waals surface area contributed by atoms with Crippen LogP contribution in [0.3, 0.4) is 0 Å². The van der Waals surface area contributed by atoms with Gasteiger partial charge in [-0.25, -0.2) is 12.8 Å². The van der Waals surface area contributed by atoms with E-state index in [1.807, 2.05) is 26.8 Å². The molecule has 0 aromatic heterocycles. The quantitative estimate of drug-likeness (QED) is 0.521. The molecule has 0 fully saturated rings. The van der Waals surface area contributed by atoms with Gasteiger partial charge in [-0.1, -0.05) is 25.1 Å². The number of nitrogens with one attached hydrogen (secondary N) is 1. The molecule has 0 bridgehead atoms. The van der Waals surface area contributed by atoms with Gasteiger partial charge in [0.25, 0.3) is 0 Å². The lowest BCUT2D eigenvalue weighted by Crippen LogP contribution is -2.48. The van der Waals surface area contributed by atoms with Gasteiger partial charge in [-0.05, 0) is 67.6 Å². The van der Waals surface area contributed by atoms with E-state index in [-0.39, 0.29) is 43.6 Å². The number of nitrogens with zero attached hydrogens (tertiary/aromatic N) is 2. The van der Waals surface area contributed by atoms with Crippen LogP contribution >= 0.6 is 0 Å². The van der Waals surface area contributed by atoms with Gasteiger partial charge in [0.1, 0.15) is 11.9 Å². The molecule has 0 spiro atoms. The molecule has 9 heteroatoms. The predicted octanol–water partition coefficient (Wildman–Crippen LogP) is 3.54. The van der Waals surface area contributed by atoms with Gasteiger partial charge in [0.05, 0.1) is 11.9 Å². The van der Waals surface area contributed by atoms with Gasteiger partial charge in [0, 0.05) is 26.6 Å². The van der Waals surface area contributed by atoms with Crippen molar-refractivity contribution in [2.45, 2.75) is 52.6 Å². The van der Waals surface area contributed by atoms with E-state index in [9.17, 15) is 22.4 Å². The predicted molar refractivity (Wildman–Crippen MR) is 132 cm³/mol. The summed E-state index contributed by atoms with van der Waals surface area (Å²) in [5.74, 6) is -0.938. The number of carbonyl (C=O) groups excluding carboxylic acids is 2. The number of likely N-dealkylation sites (N-methyl/N-ethyl adjacent to an activating group) is 1. The Morgan fingerprint density at radius 2 is 1.65 bits per heavy atom. The summed E-state index contributed by atoms with van der Waals surface area (Å²) in [6.45, 7) is 5.90. The summed E-state index contributed by atoms with van der Waals surface area (Å²) < 4.78 is 39.6. The van der Waals surface area contributed by atoms with Crippen LogP contribution in [0, 0.1) is 19.7 Å². The van der Waals surface area contributed by atoms with E-state index in [4.69, 9.17) is 0 Å². The van der Waals surface area contributed by atoms with Crippen molar-refractivity contribution < 1.29 is 22.4 Å². The standard InChI is InChI=1S/C25H34FN3O4S/c1-6-23(25(31)27-4)28(17-20-9-11-21(26)12-10-20)24(30)8-7-13-29(34(5,32)33)22-15-18(2)14-19(3)16-22/h9-12,14-16,23H,6-8,13,17H2,1-5H3,(H,27,31)/t23-/m1/s1. The van der Waals surface area contributed by atoms with Gasteiger partial charge in [0.15, 0.2) is 0 Å². The minimum absolute atomic E-state index is 0.0610. The van der Waals surface area contributed by atoms with Crippen molar-refractivity contribution >= 4 is 27.5 Å². The minimum atomic E-state index is -3.55. The van der Waals surface area contributed by atoms with Crippen LogP contribution in [0.1, 0.15) is 42.9 Å². The van der Waals surface area contributed by atoms with Crippen LogP contribution in [-0.4, -0.2) is 51.0 Å². The molecule has 0 saturated carbocycles. The fraction of sp³-hybridized carbons (Fsp3) is 0.440. The van der Waals surface area contributed by atoms with E-state index in [1.54, 1.807) is 24.3 Å². The molecule has 186 valence electrons. The molecule has 0 aliphatic heterocycles. The van der Waals surface area contributed by atoms with Crippen molar-refractivity contribution in [3.63, 3.8) is 0 Å². The molecule has 0 aliphatic rings. The molecule has 34 heavy (non-hydrogen) atoms. The lowest BCUT2D eigenvalue weighted by molar-refractivity contribution is -0.141. The first kappa shape index (κ1) is 27.3. The maximum Gasteiger partial charge on any atom is 0.242 e. The van der Waals surface area contributed by atoms with E-state index in [2.05, 4.69) is 5.32 Å². The SMILES string of the molecule is CC[C@H](C(=O)NC)N(Cc1ccc(F)cc1)C(=O)CCCN(c1cc(C)cc(C)c1)S(C)(=O)=O. The van der Waals surface area contributed by atoms with Crippen molar-refractivity contribution in [3.05, 3.63) is 65.0 Å². The highest BCUT2D eigenvalue weighted by Gasteiger charge is 2.28. The second-order valence-electron chi connectivity index (χ2n) is 8.47. The molecule has 0 radical (unpaired) electrons. The summed E-state index contributed by atoms with van der Waals surface area (Å²) in [4.78, 5) is 27.1. The molecule has 7 nitrogen and oxygen atoms in total. The van der Waals surface area contributed by atoms with Crippen LogP contribution in [0.4, 0.5) is 10.1 Å². The summed E-state index contributed by atoms with van der Waals surface area (Å²) in [5, 5.41) is 2.59. The van der Waals surface area contributed by atoms with Crippen LogP contribution in [-0.2, 0) is 26.2 Å². The molecule has 0 aliphatic carbocycles. The Morgan fingerprint density at radius 1 is 1.06 bits per heavy atom. The number of hydrogen-bond donors (Lipinski definition) is 1. The third kappa shape index (κ3) is 7.55. The zero-order chi connectivity index (χ0) is 25.5. The molecule has 1 atom stereocenters. The van der Waals surface area contributed by atoms with E-state index in [0.717, 1.165) is 17.4 Å². The molecule has 0 unspecified atom stereocenters. The second kappa shape index (κ2) is 12.0. The van der Waals surface area contributed by atoms with E-state index in [1.165, 1.54) is 28.4 Å². The fourth-order valence-electron chi connectivity index (χ4n) is 3.97. The Bertz CT molecular complexity index is 1080. The third-order valence-electron chi connectivity index (χ3n) is 5.55. The van der Waals surface area contributed by atoms with E-state index in [0.29, 0.717) is 17.7 Å². The van der Waals surface area contributed by atoms with Gasteiger partial charge in [0.2, 0.25) is 21.8 Å². The van der Waals surface area contributed by atoms with Gasteiger partial charge < -0.3 is 10.2 Å². The molecule has 1 N–H and O–H groups in total. The van der Waals surface area contributed by atoms with Crippen molar-refractivity contribution in [2.24, 2.45) is 0 Å². The molecule has 2 rings (SSSR count). The van der Waals surface area contributed by atoms with Gasteiger partial charge >= 0.3 is 0 Å². The zero-order valence-corrected chi connectivity index (χ0v) is 21.3. The van der Waals surface area contributed by atoms with Crippen LogP contribution < -0.4 is 9.62 Å². The van der Waals surface area contributed by atoms with Crippen molar-refractivity contribution in [1.82, 2.24) is 10.2 Å². The molecule has 0 heterocycles. The monoisotopic (exact) mass is 491 g/mol. The topological polar surface area (TPSA) is 86.8 Å². The van der Waals surface area contributed by atoms with E-state index >= 15 is 0 Å². The van der Waals surface area contributed by atoms with Crippen molar-refractivity contribution in [1.29, 1.82) is 0 Å². The number of halogens is 1. The molecular formula is C25H34FN3O4S. The number of hydrogen-bond acceptors (Lipinski definition) is 4. The highest BCUT2D eigenvalue weighted by Crippen LogP contribution is 2.22. The fourth-order valence-corrected chi connectivity index (χ4v) is 4.92. The molecule has 2 amide bonds. The summed E-state index contributed by atoms with van der Waals surface area (Å²) in [6, 6.07) is 10.7. The van der Waals surface area contributed by atoms with Crippen LogP contribution in [0.2, 0.25) is 0 Å². The van der Waals surface area contributed by atoms with Crippen LogP contribution in [0.15, 0.2) is 42.5 Å². The van der Waals surface area contributed by atoms with Crippen LogP contribution in [0.25, 0.3) is 0 Å². The first-order valence-electron chi connectivity index (χ1n) is 11.3. The van der Waals surface area contributed by atoms with Gasteiger partial charge in [-0.15, -0.1) is 0 Å². The number of amides is 2. The van der Waals surface area contributed by atoms with Crippen molar-refractivity contribution in [2.75, 3.05) is 24.2 Å². The maximum absolute atomic E-state index is 13.3. The van der Waals surface area contributed by atoms with Gasteiger partial charge in [-0.2, -0.15) is 0 Å². The molecular weight excluding hydrogens is 457 g/mol. The number of carbonyl (C=O) groups is 2. The number of rotatable bonds is 11. The van der Waals surface area contributed by atoms with Gasteiger partial charge in [-0.3, -0.25) is 13.9 Å². The first-order chi connectivity index (χ1) is 16.0. The Kier molecular flexibility index (Phi) is 9.61. The highest BCUT2D eigenvalue weighted by atomic mass is 32.2. The Morgan fingerprint density at radius 3 is 2.15 bits per heavy atom. The average molecular weight is 492 g/mol. The number of sulfonamides is 1. The summed E-state index contributed by atoms with van der Waals surface area (Å²) in [5.41, 5.74) is 3.15. The molecule has 2 aromatic carbocycles. The second-order valence-corrected chi connectivity index (χ2v) is 10.4. The maximum atomic E-state index is 13.3. The third-order valence-corrected chi connectivity index (χ3v) is 6.74. The molecule has 2 aromatic rings. The number of anilines is 1. The average Bonchev–Trinajstić information content (AvgIpc) is 2.75. The number of aryl methyl sites for hydroxylation is 2. The summed E-state index contributed by atoms with van der Waals surface area (Å²) in [7, 11) is -2.04. The first-order valence-corrected chi connectivity index (χ1v) is 13.1. The van der Waals surface area contributed by atoms with Crippen molar-refractivity contribution in [3.8, 4) is 0 Å². The Labute approximate surface area is 202 Å². The smallest absolute Gasteiger partial charge is 0.242 e. The zero-order valence-electron chi connectivity index (χ0n) is 20.5. The summed E-state index contributed by atoms with van der Waals surface area (Å²) >= 11 is 0. The highest BCUT2D eigenvalue weighted by molar-refractivity contribution is 7.92. The lowest BCUT2D eigenvalue weighted by atomic mass is 10.1. The summed E-state index contributed by atoms with van der Waals surface area (Å²) in [6.07, 6.45) is 1.89. The molecule has 0 saturated heterocycles. The van der Waals surface area contributed by atoms with Crippen LogP contribution in [0.5, 0.6) is 0 Å². The van der Waals surface area contributed by atoms with E-state index < -0.39 is 16.1 Å². The Balaban J connectivity index is 2.20. The lowest BCUT2D eigenvalue weighted by Gasteiger charge is -2.31. The Hall–Kier alpha value is -2.94. The normalized spacial score (nSPS) is 12.2. The largest absolute Gasteiger partial charge is 0.357 e. The minimum Gasteiger partial charge on any atom is -0.357 e.